The smallest absolute Gasteiger partial charge is 0.243 e. The molecule has 2 rings (SSSR count). The van der Waals surface area contributed by atoms with E-state index in [0.29, 0.717) is 18.7 Å². The second kappa shape index (κ2) is 6.07. The van der Waals surface area contributed by atoms with Gasteiger partial charge < -0.3 is 5.11 Å². The maximum absolute atomic E-state index is 12.8. The molecule has 1 fully saturated rings. The highest BCUT2D eigenvalue weighted by molar-refractivity contribution is 7.89. The van der Waals surface area contributed by atoms with E-state index in [9.17, 15) is 13.5 Å². The lowest BCUT2D eigenvalue weighted by molar-refractivity contribution is 0.199. The summed E-state index contributed by atoms with van der Waals surface area (Å²) >= 11 is 0. The third kappa shape index (κ3) is 3.84. The molecule has 118 valence electrons. The van der Waals surface area contributed by atoms with Crippen LogP contribution in [0.25, 0.3) is 0 Å². The lowest BCUT2D eigenvalue weighted by Crippen LogP contribution is -2.32. The Morgan fingerprint density at radius 3 is 2.62 bits per heavy atom. The van der Waals surface area contributed by atoms with Crippen LogP contribution in [-0.4, -0.2) is 30.9 Å². The van der Waals surface area contributed by atoms with E-state index < -0.39 is 16.1 Å². The van der Waals surface area contributed by atoms with Crippen molar-refractivity contribution in [2.24, 2.45) is 5.41 Å². The highest BCUT2D eigenvalue weighted by Gasteiger charge is 2.30. The van der Waals surface area contributed by atoms with Crippen LogP contribution in [0, 0.1) is 5.41 Å². The molecule has 0 bridgehead atoms. The zero-order valence-electron chi connectivity index (χ0n) is 13.0. The molecule has 1 aliphatic heterocycles. The van der Waals surface area contributed by atoms with E-state index in [2.05, 4.69) is 13.8 Å². The second-order valence-corrected chi connectivity index (χ2v) is 8.61. The summed E-state index contributed by atoms with van der Waals surface area (Å²) in [6.45, 7) is 7.16. The standard InChI is InChI=1S/C16H25NO3S/c1-13(18)14-6-4-7-15(12-14)21(19,20)17-10-5-8-16(2,3)9-11-17/h4,6-7,12-13,18H,5,8-11H2,1-3H3. The highest BCUT2D eigenvalue weighted by Crippen LogP contribution is 2.32. The molecule has 1 heterocycles. The van der Waals surface area contributed by atoms with Gasteiger partial charge in [-0.25, -0.2) is 8.42 Å². The fourth-order valence-corrected chi connectivity index (χ4v) is 4.26. The van der Waals surface area contributed by atoms with Crippen LogP contribution >= 0.6 is 0 Å². The van der Waals surface area contributed by atoms with Gasteiger partial charge >= 0.3 is 0 Å². The number of hydrogen-bond acceptors (Lipinski definition) is 3. The van der Waals surface area contributed by atoms with Crippen molar-refractivity contribution in [3.8, 4) is 0 Å². The minimum Gasteiger partial charge on any atom is -0.389 e. The number of rotatable bonds is 3. The van der Waals surface area contributed by atoms with E-state index in [1.54, 1.807) is 35.5 Å². The maximum atomic E-state index is 12.8. The summed E-state index contributed by atoms with van der Waals surface area (Å²) in [7, 11) is -3.47. The normalized spacial score (nSPS) is 21.7. The molecule has 5 heteroatoms. The van der Waals surface area contributed by atoms with Crippen molar-refractivity contribution >= 4 is 10.0 Å². The number of benzene rings is 1. The van der Waals surface area contributed by atoms with Crippen molar-refractivity contribution in [2.45, 2.75) is 51.0 Å². The number of sulfonamides is 1. The van der Waals surface area contributed by atoms with Crippen LogP contribution in [0.2, 0.25) is 0 Å². The topological polar surface area (TPSA) is 57.6 Å². The lowest BCUT2D eigenvalue weighted by Gasteiger charge is -2.23. The molecular weight excluding hydrogens is 286 g/mol. The zero-order chi connectivity index (χ0) is 15.7. The molecule has 0 amide bonds. The molecule has 0 spiro atoms. The van der Waals surface area contributed by atoms with Crippen LogP contribution in [0.3, 0.4) is 0 Å². The van der Waals surface area contributed by atoms with E-state index in [-0.39, 0.29) is 10.3 Å². The first-order valence-electron chi connectivity index (χ1n) is 7.51. The Kier molecular flexibility index (Phi) is 4.76. The van der Waals surface area contributed by atoms with Gasteiger partial charge in [-0.15, -0.1) is 0 Å². The summed E-state index contributed by atoms with van der Waals surface area (Å²) in [6, 6.07) is 6.62. The average molecular weight is 311 g/mol. The van der Waals surface area contributed by atoms with Gasteiger partial charge in [-0.05, 0) is 49.3 Å². The third-order valence-electron chi connectivity index (χ3n) is 4.28. The van der Waals surface area contributed by atoms with E-state index >= 15 is 0 Å². The van der Waals surface area contributed by atoms with Crippen LogP contribution in [0.5, 0.6) is 0 Å². The fourth-order valence-electron chi connectivity index (χ4n) is 2.72. The molecule has 0 radical (unpaired) electrons. The van der Waals surface area contributed by atoms with E-state index in [1.165, 1.54) is 0 Å². The van der Waals surface area contributed by atoms with Gasteiger partial charge in [-0.1, -0.05) is 26.0 Å². The molecule has 1 atom stereocenters. The van der Waals surface area contributed by atoms with Gasteiger partial charge in [0.05, 0.1) is 11.0 Å². The third-order valence-corrected chi connectivity index (χ3v) is 6.17. The summed E-state index contributed by atoms with van der Waals surface area (Å²) in [5, 5.41) is 9.63. The molecule has 1 aliphatic rings. The number of aliphatic hydroxyl groups excluding tert-OH is 1. The van der Waals surface area contributed by atoms with E-state index in [1.807, 2.05) is 0 Å². The second-order valence-electron chi connectivity index (χ2n) is 6.67. The van der Waals surface area contributed by atoms with Crippen molar-refractivity contribution in [1.82, 2.24) is 4.31 Å². The molecule has 0 saturated carbocycles. The molecule has 1 saturated heterocycles. The average Bonchev–Trinajstić information content (AvgIpc) is 2.60. The highest BCUT2D eigenvalue weighted by atomic mass is 32.2. The first-order valence-corrected chi connectivity index (χ1v) is 8.95. The first kappa shape index (κ1) is 16.5. The molecule has 1 aromatic rings. The van der Waals surface area contributed by atoms with E-state index in [0.717, 1.165) is 19.3 Å². The van der Waals surface area contributed by atoms with Gasteiger partial charge in [0.1, 0.15) is 0 Å². The zero-order valence-corrected chi connectivity index (χ0v) is 13.9. The Morgan fingerprint density at radius 1 is 1.24 bits per heavy atom. The Hall–Kier alpha value is -0.910. The van der Waals surface area contributed by atoms with Crippen molar-refractivity contribution in [1.29, 1.82) is 0 Å². The van der Waals surface area contributed by atoms with Crippen LogP contribution in [0.4, 0.5) is 0 Å². The minimum atomic E-state index is -3.47. The molecule has 0 aromatic heterocycles. The summed E-state index contributed by atoms with van der Waals surface area (Å²) in [5.41, 5.74) is 0.831. The van der Waals surface area contributed by atoms with Gasteiger partial charge in [0.15, 0.2) is 0 Å². The number of aliphatic hydroxyl groups is 1. The minimum absolute atomic E-state index is 0.200. The summed E-state index contributed by atoms with van der Waals surface area (Å²) < 4.78 is 27.1. The van der Waals surface area contributed by atoms with E-state index in [4.69, 9.17) is 0 Å². The number of hydrogen-bond donors (Lipinski definition) is 1. The quantitative estimate of drug-likeness (QED) is 0.933. The Balaban J connectivity index is 2.27. The van der Waals surface area contributed by atoms with Crippen molar-refractivity contribution in [3.63, 3.8) is 0 Å². The predicted octanol–water partition coefficient (Wildman–Crippen LogP) is 2.94. The Labute approximate surface area is 127 Å². The lowest BCUT2D eigenvalue weighted by atomic mass is 9.85. The van der Waals surface area contributed by atoms with Crippen molar-refractivity contribution in [2.75, 3.05) is 13.1 Å². The first-order chi connectivity index (χ1) is 9.72. The fraction of sp³-hybridized carbons (Fsp3) is 0.625. The van der Waals surface area contributed by atoms with Crippen molar-refractivity contribution < 1.29 is 13.5 Å². The molecule has 4 nitrogen and oxygen atoms in total. The molecule has 1 N–H and O–H groups in total. The largest absolute Gasteiger partial charge is 0.389 e. The SMILES string of the molecule is CC(O)c1cccc(S(=O)(=O)N2CCCC(C)(C)CC2)c1. The van der Waals surface area contributed by atoms with Crippen LogP contribution in [-0.2, 0) is 10.0 Å². The van der Waals surface area contributed by atoms with Gasteiger partial charge in [0.2, 0.25) is 10.0 Å². The van der Waals surface area contributed by atoms with Gasteiger partial charge in [-0.3, -0.25) is 0 Å². The van der Waals surface area contributed by atoms with Crippen molar-refractivity contribution in [3.05, 3.63) is 29.8 Å². The van der Waals surface area contributed by atoms with Gasteiger partial charge in [0, 0.05) is 13.1 Å². The summed E-state index contributed by atoms with van der Waals surface area (Å²) in [5.74, 6) is 0. The van der Waals surface area contributed by atoms with Crippen LogP contribution < -0.4 is 0 Å². The molecule has 0 aliphatic carbocycles. The molecule has 1 aromatic carbocycles. The van der Waals surface area contributed by atoms with Gasteiger partial charge in [0.25, 0.3) is 0 Å². The molecule has 21 heavy (non-hydrogen) atoms. The van der Waals surface area contributed by atoms with Gasteiger partial charge in [-0.2, -0.15) is 4.31 Å². The van der Waals surface area contributed by atoms with Crippen LogP contribution in [0.1, 0.15) is 51.7 Å². The predicted molar refractivity (Wildman–Crippen MR) is 83.5 cm³/mol. The Morgan fingerprint density at radius 2 is 1.95 bits per heavy atom. The summed E-state index contributed by atoms with van der Waals surface area (Å²) in [4.78, 5) is 0.278. The van der Waals surface area contributed by atoms with Crippen LogP contribution in [0.15, 0.2) is 29.2 Å². The molecular formula is C16H25NO3S. The molecule has 1 unspecified atom stereocenters. The maximum Gasteiger partial charge on any atom is 0.243 e. The number of nitrogens with zero attached hydrogens (tertiary/aromatic N) is 1. The summed E-state index contributed by atoms with van der Waals surface area (Å²) in [6.07, 6.45) is 2.15. The monoisotopic (exact) mass is 311 g/mol. The Bertz CT molecular complexity index is 593.